The van der Waals surface area contributed by atoms with Crippen LogP contribution in [0.5, 0.6) is 0 Å². The fraction of sp³-hybridized carbons (Fsp3) is 1.00. The Balaban J connectivity index is 2.87. The molecule has 1 rings (SSSR count). The molecule has 0 aromatic heterocycles. The summed E-state index contributed by atoms with van der Waals surface area (Å²) in [7, 11) is 1.82. The molecule has 1 aliphatic rings. The molecule has 14 heavy (non-hydrogen) atoms. The van der Waals surface area contributed by atoms with E-state index < -0.39 is 0 Å². The van der Waals surface area contributed by atoms with E-state index in [1.165, 1.54) is 0 Å². The van der Waals surface area contributed by atoms with Crippen LogP contribution in [0, 0.1) is 0 Å². The van der Waals surface area contributed by atoms with Crippen molar-refractivity contribution in [2.45, 2.75) is 57.7 Å². The van der Waals surface area contributed by atoms with Crippen molar-refractivity contribution >= 4 is 11.9 Å². The molecule has 0 radical (unpaired) electrons. The third-order valence-corrected chi connectivity index (χ3v) is 4.42. The summed E-state index contributed by atoms with van der Waals surface area (Å²) in [5, 5.41) is 0. The van der Waals surface area contributed by atoms with Gasteiger partial charge in [0.05, 0.1) is 6.10 Å². The van der Waals surface area contributed by atoms with Gasteiger partial charge in [-0.15, -0.1) is 0 Å². The van der Waals surface area contributed by atoms with Gasteiger partial charge in [0.15, 0.2) is 0 Å². The van der Waals surface area contributed by atoms with Crippen LogP contribution >= 0.6 is 11.9 Å². The number of rotatable bonds is 2. The molecule has 0 N–H and O–H groups in total. The summed E-state index contributed by atoms with van der Waals surface area (Å²) in [6.45, 7) is 9.21. The first-order valence-electron chi connectivity index (χ1n) is 5.21. The second-order valence-corrected chi connectivity index (χ2v) is 6.10. The summed E-state index contributed by atoms with van der Waals surface area (Å²) in [6.07, 6.45) is 4.81. The molecule has 0 amide bonds. The molecule has 0 unspecified atom stereocenters. The fourth-order valence-electron chi connectivity index (χ4n) is 2.83. The zero-order valence-electron chi connectivity index (χ0n) is 10.3. The van der Waals surface area contributed by atoms with Gasteiger partial charge < -0.3 is 4.74 Å². The highest BCUT2D eigenvalue weighted by Crippen LogP contribution is 2.42. The van der Waals surface area contributed by atoms with Crippen LogP contribution in [-0.4, -0.2) is 34.9 Å². The first-order valence-corrected chi connectivity index (χ1v) is 6.39. The van der Waals surface area contributed by atoms with E-state index in [0.29, 0.717) is 6.10 Å². The maximum Gasteiger partial charge on any atom is 0.0606 e. The zero-order valence-corrected chi connectivity index (χ0v) is 11.1. The number of piperidine rings is 1. The van der Waals surface area contributed by atoms with E-state index in [-0.39, 0.29) is 11.1 Å². The molecule has 0 atom stereocenters. The van der Waals surface area contributed by atoms with Crippen LogP contribution < -0.4 is 0 Å². The van der Waals surface area contributed by atoms with Crippen molar-refractivity contribution in [3.63, 3.8) is 0 Å². The highest BCUT2D eigenvalue weighted by Gasteiger charge is 2.45. The van der Waals surface area contributed by atoms with Crippen LogP contribution in [0.1, 0.15) is 40.5 Å². The SMILES string of the molecule is COC1CC(C)(C)N(SC)C(C)(C)C1. The Labute approximate surface area is 92.5 Å². The van der Waals surface area contributed by atoms with E-state index >= 15 is 0 Å². The van der Waals surface area contributed by atoms with Crippen LogP contribution in [0.2, 0.25) is 0 Å². The summed E-state index contributed by atoms with van der Waals surface area (Å²) < 4.78 is 8.03. The van der Waals surface area contributed by atoms with Gasteiger partial charge in [0.2, 0.25) is 0 Å². The van der Waals surface area contributed by atoms with E-state index in [1.54, 1.807) is 0 Å². The lowest BCUT2D eigenvalue weighted by atomic mass is 9.81. The number of nitrogens with zero attached hydrogens (tertiary/aromatic N) is 1. The molecule has 0 aromatic rings. The smallest absolute Gasteiger partial charge is 0.0606 e. The average molecular weight is 217 g/mol. The summed E-state index contributed by atoms with van der Waals surface area (Å²) in [5.41, 5.74) is 0.448. The summed E-state index contributed by atoms with van der Waals surface area (Å²) >= 11 is 1.85. The number of ether oxygens (including phenoxy) is 1. The Bertz CT molecular complexity index is 185. The lowest BCUT2D eigenvalue weighted by Crippen LogP contribution is -2.58. The predicted molar refractivity (Wildman–Crippen MR) is 63.5 cm³/mol. The summed E-state index contributed by atoms with van der Waals surface area (Å²) in [4.78, 5) is 0. The minimum Gasteiger partial charge on any atom is -0.381 e. The Hall–Kier alpha value is 0.270. The van der Waals surface area contributed by atoms with Gasteiger partial charge in [-0.3, -0.25) is 0 Å². The molecule has 0 aromatic carbocycles. The molecule has 2 nitrogen and oxygen atoms in total. The van der Waals surface area contributed by atoms with Crippen molar-refractivity contribution in [2.75, 3.05) is 13.4 Å². The van der Waals surface area contributed by atoms with Crippen LogP contribution in [0.25, 0.3) is 0 Å². The first-order chi connectivity index (χ1) is 6.33. The van der Waals surface area contributed by atoms with Gasteiger partial charge in [-0.1, -0.05) is 11.9 Å². The second kappa shape index (κ2) is 4.03. The van der Waals surface area contributed by atoms with Crippen molar-refractivity contribution in [3.05, 3.63) is 0 Å². The van der Waals surface area contributed by atoms with Gasteiger partial charge in [-0.05, 0) is 46.8 Å². The number of hydrogen-bond acceptors (Lipinski definition) is 3. The van der Waals surface area contributed by atoms with Gasteiger partial charge in [-0.2, -0.15) is 0 Å². The molecule has 1 saturated heterocycles. The zero-order chi connectivity index (χ0) is 11.0. The Morgan fingerprint density at radius 2 is 1.57 bits per heavy atom. The van der Waals surface area contributed by atoms with Crippen molar-refractivity contribution in [1.82, 2.24) is 4.31 Å². The predicted octanol–water partition coefficient (Wildman–Crippen LogP) is 2.93. The average Bonchev–Trinajstić information content (AvgIpc) is 2.00. The van der Waals surface area contributed by atoms with E-state index in [9.17, 15) is 0 Å². The third-order valence-electron chi connectivity index (χ3n) is 3.07. The third kappa shape index (κ3) is 2.26. The minimum atomic E-state index is 0.224. The Kier molecular flexibility index (Phi) is 3.55. The molecule has 0 spiro atoms. The van der Waals surface area contributed by atoms with Gasteiger partial charge in [0.1, 0.15) is 0 Å². The highest BCUT2D eigenvalue weighted by molar-refractivity contribution is 7.96. The lowest BCUT2D eigenvalue weighted by molar-refractivity contribution is -0.0408. The topological polar surface area (TPSA) is 12.5 Å². The van der Waals surface area contributed by atoms with Crippen molar-refractivity contribution in [1.29, 1.82) is 0 Å². The van der Waals surface area contributed by atoms with Crippen LogP contribution in [-0.2, 0) is 4.74 Å². The van der Waals surface area contributed by atoms with E-state index in [4.69, 9.17) is 4.74 Å². The highest BCUT2D eigenvalue weighted by atomic mass is 32.2. The molecule has 0 saturated carbocycles. The standard InChI is InChI=1S/C11H23NOS/c1-10(2)7-9(13-5)8-11(3,4)12(10)14-6/h9H,7-8H2,1-6H3. The molecule has 0 aliphatic carbocycles. The quantitative estimate of drug-likeness (QED) is 0.660. The minimum absolute atomic E-state index is 0.224. The van der Waals surface area contributed by atoms with Crippen molar-refractivity contribution in [3.8, 4) is 0 Å². The van der Waals surface area contributed by atoms with Gasteiger partial charge in [0, 0.05) is 18.2 Å². The molecule has 1 aliphatic heterocycles. The van der Waals surface area contributed by atoms with E-state index in [0.717, 1.165) is 12.8 Å². The van der Waals surface area contributed by atoms with Gasteiger partial charge in [0.25, 0.3) is 0 Å². The van der Waals surface area contributed by atoms with E-state index in [2.05, 4.69) is 38.3 Å². The van der Waals surface area contributed by atoms with Crippen molar-refractivity contribution < 1.29 is 4.74 Å². The Morgan fingerprint density at radius 3 is 1.86 bits per heavy atom. The molecule has 1 heterocycles. The summed E-state index contributed by atoms with van der Waals surface area (Å²) in [6, 6.07) is 0. The molecule has 1 fully saturated rings. The molecular formula is C11H23NOS. The fourth-order valence-corrected chi connectivity index (χ4v) is 3.97. The maximum absolute atomic E-state index is 5.52. The maximum atomic E-state index is 5.52. The Morgan fingerprint density at radius 1 is 1.14 bits per heavy atom. The number of methoxy groups -OCH3 is 1. The second-order valence-electron chi connectivity index (χ2n) is 5.37. The van der Waals surface area contributed by atoms with Crippen LogP contribution in [0.3, 0.4) is 0 Å². The molecule has 84 valence electrons. The largest absolute Gasteiger partial charge is 0.381 e. The summed E-state index contributed by atoms with van der Waals surface area (Å²) in [5.74, 6) is 0. The molecule has 3 heteroatoms. The molecular weight excluding hydrogens is 194 g/mol. The van der Waals surface area contributed by atoms with E-state index in [1.807, 2.05) is 19.1 Å². The monoisotopic (exact) mass is 217 g/mol. The van der Waals surface area contributed by atoms with Crippen LogP contribution in [0.4, 0.5) is 0 Å². The van der Waals surface area contributed by atoms with Gasteiger partial charge >= 0.3 is 0 Å². The first kappa shape index (κ1) is 12.3. The molecule has 0 bridgehead atoms. The van der Waals surface area contributed by atoms with Crippen LogP contribution in [0.15, 0.2) is 0 Å². The van der Waals surface area contributed by atoms with Gasteiger partial charge in [-0.25, -0.2) is 4.31 Å². The number of hydrogen-bond donors (Lipinski definition) is 0. The lowest BCUT2D eigenvalue weighted by Gasteiger charge is -2.53. The van der Waals surface area contributed by atoms with Crippen molar-refractivity contribution in [2.24, 2.45) is 0 Å². The normalized spacial score (nSPS) is 27.9.